The van der Waals surface area contributed by atoms with Crippen LogP contribution < -0.4 is 10.3 Å². The van der Waals surface area contributed by atoms with Gasteiger partial charge in [-0.05, 0) is 42.3 Å². The van der Waals surface area contributed by atoms with Gasteiger partial charge in [-0.15, -0.1) is 0 Å². The molecule has 1 unspecified atom stereocenters. The third-order valence-corrected chi connectivity index (χ3v) is 3.88. The summed E-state index contributed by atoms with van der Waals surface area (Å²) in [6.45, 7) is 2.11. The Labute approximate surface area is 123 Å². The molecule has 0 amide bonds. The maximum atomic E-state index is 5.85. The molecule has 1 aromatic heterocycles. The molecule has 0 saturated heterocycles. The van der Waals surface area contributed by atoms with Crippen LogP contribution in [0.15, 0.2) is 47.5 Å². The number of anilines is 1. The number of nitrogens with zero attached hydrogens (tertiary/aromatic N) is 4. The maximum absolute atomic E-state index is 5.85. The Hall–Kier alpha value is -1.85. The van der Waals surface area contributed by atoms with Crippen LogP contribution in [-0.2, 0) is 0 Å². The zero-order chi connectivity index (χ0) is 14.3. The van der Waals surface area contributed by atoms with Gasteiger partial charge in [0.25, 0.3) is 0 Å². The van der Waals surface area contributed by atoms with Crippen LogP contribution in [0.5, 0.6) is 0 Å². The monoisotopic (exact) mass is 289 g/mol. The highest BCUT2D eigenvalue weighted by Crippen LogP contribution is 2.28. The molecule has 6 heteroatoms. The second-order valence-electron chi connectivity index (χ2n) is 4.88. The van der Waals surface area contributed by atoms with Gasteiger partial charge in [-0.1, -0.05) is 6.08 Å². The number of aromatic nitrogens is 2. The molecule has 104 valence electrons. The lowest BCUT2D eigenvalue weighted by molar-refractivity contribution is 0.325. The smallest absolute Gasteiger partial charge is 0.224 e. The van der Waals surface area contributed by atoms with Crippen LogP contribution in [0.4, 0.5) is 5.82 Å². The molecule has 20 heavy (non-hydrogen) atoms. The number of allylic oxidation sites excluding steroid dienone is 2. The fourth-order valence-corrected chi connectivity index (χ4v) is 2.53. The number of fused-ring (bicyclic) bond motifs is 1. The van der Waals surface area contributed by atoms with E-state index in [9.17, 15) is 0 Å². The predicted octanol–water partition coefficient (Wildman–Crippen LogP) is 2.11. The molecule has 2 heterocycles. The van der Waals surface area contributed by atoms with E-state index in [4.69, 9.17) is 11.6 Å². The number of nitrogens with one attached hydrogen (secondary N) is 1. The van der Waals surface area contributed by atoms with Gasteiger partial charge in [-0.2, -0.15) is 0 Å². The van der Waals surface area contributed by atoms with E-state index in [0.29, 0.717) is 0 Å². The zero-order valence-electron chi connectivity index (χ0n) is 11.6. The molecule has 0 spiro atoms. The summed E-state index contributed by atoms with van der Waals surface area (Å²) >= 11 is 5.85. The fraction of sp³-hybridized carbons (Fsp3) is 0.286. The quantitative estimate of drug-likeness (QED) is 0.845. The van der Waals surface area contributed by atoms with Crippen molar-refractivity contribution in [3.05, 3.63) is 52.7 Å². The lowest BCUT2D eigenvalue weighted by atomic mass is 10.00. The van der Waals surface area contributed by atoms with E-state index in [2.05, 4.69) is 40.5 Å². The number of likely N-dealkylation sites (N-methyl/N-ethyl adjacent to an activating group) is 1. The molecule has 1 aromatic rings. The predicted molar refractivity (Wildman–Crippen MR) is 80.1 cm³/mol. The van der Waals surface area contributed by atoms with E-state index in [1.165, 1.54) is 11.3 Å². The first-order chi connectivity index (χ1) is 9.56. The van der Waals surface area contributed by atoms with Crippen molar-refractivity contribution in [1.82, 2.24) is 20.4 Å². The first-order valence-corrected chi connectivity index (χ1v) is 6.77. The lowest BCUT2D eigenvalue weighted by Gasteiger charge is -2.23. The summed E-state index contributed by atoms with van der Waals surface area (Å²) in [5.41, 5.74) is 6.95. The average Bonchev–Trinajstić information content (AvgIpc) is 2.73. The number of hydrogen-bond acceptors (Lipinski definition) is 5. The minimum absolute atomic E-state index is 0.255. The van der Waals surface area contributed by atoms with E-state index in [-0.39, 0.29) is 11.3 Å². The van der Waals surface area contributed by atoms with Gasteiger partial charge in [0.15, 0.2) is 0 Å². The van der Waals surface area contributed by atoms with Crippen LogP contribution in [0.1, 0.15) is 6.92 Å². The van der Waals surface area contributed by atoms with Crippen molar-refractivity contribution in [3.8, 4) is 0 Å². The van der Waals surface area contributed by atoms with Gasteiger partial charge in [0.05, 0.1) is 6.04 Å². The summed E-state index contributed by atoms with van der Waals surface area (Å²) in [6, 6.07) is 2.10. The molecule has 5 nitrogen and oxygen atoms in total. The second kappa shape index (κ2) is 4.92. The Morgan fingerprint density at radius 2 is 2.25 bits per heavy atom. The van der Waals surface area contributed by atoms with Crippen LogP contribution in [0, 0.1) is 0 Å². The van der Waals surface area contributed by atoms with E-state index in [1.54, 1.807) is 6.20 Å². The average molecular weight is 290 g/mol. The largest absolute Gasteiger partial charge is 0.329 e. The molecular formula is C14H16ClN5. The number of hydrogen-bond donors (Lipinski definition) is 1. The summed E-state index contributed by atoms with van der Waals surface area (Å²) in [5, 5.41) is 2.30. The Balaban J connectivity index is 1.93. The molecule has 0 saturated carbocycles. The van der Waals surface area contributed by atoms with Crippen LogP contribution in [0.25, 0.3) is 0 Å². The fourth-order valence-electron chi connectivity index (χ4n) is 2.39. The van der Waals surface area contributed by atoms with Crippen LogP contribution in [0.3, 0.4) is 0 Å². The summed E-state index contributed by atoms with van der Waals surface area (Å²) in [6.07, 6.45) is 8.07. The minimum Gasteiger partial charge on any atom is -0.329 e. The highest BCUT2D eigenvalue weighted by atomic mass is 35.5. The van der Waals surface area contributed by atoms with Crippen molar-refractivity contribution in [3.63, 3.8) is 0 Å². The number of rotatable bonds is 2. The third-order valence-electron chi connectivity index (χ3n) is 3.69. The molecule has 3 rings (SSSR count). The summed E-state index contributed by atoms with van der Waals surface area (Å²) < 4.78 is 0. The standard InChI is InChI=1S/C14H16ClN5/c1-9-11-8-10(4-5-12(11)18-20(9)3)19(2)13-6-7-16-14(15)17-13/h4-8,12,18H,1-3H3. The van der Waals surface area contributed by atoms with Crippen molar-refractivity contribution in [2.45, 2.75) is 13.0 Å². The van der Waals surface area contributed by atoms with E-state index in [0.717, 1.165) is 11.5 Å². The maximum Gasteiger partial charge on any atom is 0.224 e. The number of halogens is 1. The van der Waals surface area contributed by atoms with Gasteiger partial charge in [-0.3, -0.25) is 0 Å². The highest BCUT2D eigenvalue weighted by Gasteiger charge is 2.26. The topological polar surface area (TPSA) is 44.3 Å². The Bertz CT molecular complexity index is 634. The molecule has 0 radical (unpaired) electrons. The normalized spacial score (nSPS) is 21.1. The minimum atomic E-state index is 0.255. The van der Waals surface area contributed by atoms with Crippen LogP contribution >= 0.6 is 11.6 Å². The van der Waals surface area contributed by atoms with Gasteiger partial charge in [0.2, 0.25) is 5.28 Å². The molecule has 2 aliphatic rings. The molecule has 0 aromatic carbocycles. The number of hydrazine groups is 1. The third kappa shape index (κ3) is 2.19. The molecular weight excluding hydrogens is 274 g/mol. The second-order valence-corrected chi connectivity index (χ2v) is 5.22. The Morgan fingerprint density at radius 3 is 3.00 bits per heavy atom. The van der Waals surface area contributed by atoms with E-state index >= 15 is 0 Å². The summed E-state index contributed by atoms with van der Waals surface area (Å²) in [4.78, 5) is 10.1. The van der Waals surface area contributed by atoms with Crippen LogP contribution in [-0.4, -0.2) is 35.1 Å². The van der Waals surface area contributed by atoms with Gasteiger partial charge in [0, 0.05) is 31.7 Å². The van der Waals surface area contributed by atoms with Crippen molar-refractivity contribution in [2.75, 3.05) is 19.0 Å². The van der Waals surface area contributed by atoms with Gasteiger partial charge >= 0.3 is 0 Å². The summed E-state index contributed by atoms with van der Waals surface area (Å²) in [7, 11) is 3.99. The molecule has 0 fully saturated rings. The van der Waals surface area contributed by atoms with E-state index in [1.807, 2.05) is 30.1 Å². The molecule has 1 N–H and O–H groups in total. The first-order valence-electron chi connectivity index (χ1n) is 6.39. The lowest BCUT2D eigenvalue weighted by Crippen LogP contribution is -2.34. The van der Waals surface area contributed by atoms with Crippen molar-refractivity contribution in [1.29, 1.82) is 0 Å². The molecule has 1 aliphatic heterocycles. The molecule has 1 aliphatic carbocycles. The van der Waals surface area contributed by atoms with Crippen molar-refractivity contribution in [2.24, 2.45) is 0 Å². The van der Waals surface area contributed by atoms with Crippen LogP contribution in [0.2, 0.25) is 5.28 Å². The Morgan fingerprint density at radius 1 is 1.45 bits per heavy atom. The van der Waals surface area contributed by atoms with Crippen molar-refractivity contribution < 1.29 is 0 Å². The molecule has 1 atom stereocenters. The van der Waals surface area contributed by atoms with Gasteiger partial charge in [0.1, 0.15) is 5.82 Å². The van der Waals surface area contributed by atoms with Gasteiger partial charge < -0.3 is 9.91 Å². The summed E-state index contributed by atoms with van der Waals surface area (Å²) in [5.74, 6) is 0.775. The Kier molecular flexibility index (Phi) is 3.23. The van der Waals surface area contributed by atoms with Crippen molar-refractivity contribution >= 4 is 17.4 Å². The zero-order valence-corrected chi connectivity index (χ0v) is 12.4. The highest BCUT2D eigenvalue weighted by molar-refractivity contribution is 6.28. The SMILES string of the molecule is CC1=C2C=C(N(C)c3ccnc(Cl)n3)C=CC2NN1C. The molecule has 0 bridgehead atoms. The van der Waals surface area contributed by atoms with E-state index < -0.39 is 0 Å². The van der Waals surface area contributed by atoms with Gasteiger partial charge in [-0.25, -0.2) is 15.4 Å². The first kappa shape index (κ1) is 13.1.